The van der Waals surface area contributed by atoms with Crippen LogP contribution in [0, 0.1) is 10.4 Å². The van der Waals surface area contributed by atoms with E-state index in [1.165, 1.54) is 14.1 Å². The first-order valence-corrected chi connectivity index (χ1v) is 2.70. The van der Waals surface area contributed by atoms with Crippen LogP contribution >= 0.6 is 0 Å². The lowest BCUT2D eigenvalue weighted by Crippen LogP contribution is -2.18. The van der Waals surface area contributed by atoms with E-state index in [0.717, 1.165) is 0 Å². The van der Waals surface area contributed by atoms with Crippen LogP contribution in [0.25, 0.3) is 0 Å². The molecule has 0 amide bonds. The summed E-state index contributed by atoms with van der Waals surface area (Å²) in [6.07, 6.45) is 0. The van der Waals surface area contributed by atoms with Crippen LogP contribution in [0.3, 0.4) is 0 Å². The summed E-state index contributed by atoms with van der Waals surface area (Å²) in [5.41, 5.74) is 0. The van der Waals surface area contributed by atoms with Crippen LogP contribution in [0.2, 0.25) is 0 Å². The molecule has 0 saturated carbocycles. The number of rotatable bonds is 5. The zero-order valence-corrected chi connectivity index (χ0v) is 5.94. The molecular weight excluding hydrogens is 140 g/mol. The van der Waals surface area contributed by atoms with Crippen molar-refractivity contribution in [3.8, 4) is 0 Å². The van der Waals surface area contributed by atoms with Crippen molar-refractivity contribution in [2.45, 2.75) is 0 Å². The molecule has 0 aliphatic carbocycles. The van der Waals surface area contributed by atoms with Crippen LogP contribution in [0.4, 0.5) is 0 Å². The van der Waals surface area contributed by atoms with Crippen LogP contribution in [-0.2, 0) is 9.68 Å². The quantitative estimate of drug-likeness (QED) is 0.396. The van der Waals surface area contributed by atoms with Gasteiger partial charge in [0.2, 0.25) is 0 Å². The Morgan fingerprint density at radius 1 is 1.00 bits per heavy atom. The Hall–Kier alpha value is -0.240. The minimum atomic E-state index is 0.0760. The van der Waals surface area contributed by atoms with Crippen molar-refractivity contribution in [3.63, 3.8) is 0 Å². The summed E-state index contributed by atoms with van der Waals surface area (Å²) in [5, 5.41) is 20.7. The molecule has 0 rings (SSSR count). The van der Waals surface area contributed by atoms with E-state index in [1.807, 2.05) is 0 Å². The van der Waals surface area contributed by atoms with Crippen molar-refractivity contribution in [2.24, 2.45) is 0 Å². The molecule has 0 bridgehead atoms. The monoisotopic (exact) mass is 150 g/mol. The van der Waals surface area contributed by atoms with E-state index in [1.54, 1.807) is 0 Å². The lowest BCUT2D eigenvalue weighted by atomic mass is 10.8. The van der Waals surface area contributed by atoms with E-state index in [9.17, 15) is 10.4 Å². The zero-order valence-electron chi connectivity index (χ0n) is 5.94. The van der Waals surface area contributed by atoms with Crippen LogP contribution in [-0.4, -0.2) is 37.8 Å². The highest BCUT2D eigenvalue weighted by Gasteiger charge is 1.86. The Balaban J connectivity index is 2.91. The molecule has 0 radical (unpaired) electrons. The van der Waals surface area contributed by atoms with Gasteiger partial charge in [0.1, 0.15) is 0 Å². The second-order valence-electron chi connectivity index (χ2n) is 1.55. The minimum Gasteiger partial charge on any atom is -0.762 e. The van der Waals surface area contributed by atoms with Crippen molar-refractivity contribution in [1.29, 1.82) is 0 Å². The first kappa shape index (κ1) is 9.76. The van der Waals surface area contributed by atoms with E-state index in [2.05, 4.69) is 9.68 Å². The fraction of sp³-hybridized carbons (Fsp3) is 1.00. The highest BCUT2D eigenvalue weighted by Crippen LogP contribution is 1.83. The smallest absolute Gasteiger partial charge is 0.0926 e. The first-order valence-electron chi connectivity index (χ1n) is 2.70. The summed E-state index contributed by atoms with van der Waals surface area (Å²) in [6, 6.07) is 0. The molecule has 0 aromatic carbocycles. The average Bonchev–Trinajstić information content (AvgIpc) is 1.79. The molecule has 62 valence electrons. The van der Waals surface area contributed by atoms with Gasteiger partial charge in [-0.15, -0.1) is 0 Å². The van der Waals surface area contributed by atoms with Crippen molar-refractivity contribution in [1.82, 2.24) is 10.5 Å². The number of hydrogen-bond donors (Lipinski definition) is 0. The molecule has 0 saturated heterocycles. The van der Waals surface area contributed by atoms with Crippen molar-refractivity contribution in [3.05, 3.63) is 10.4 Å². The molecule has 0 spiro atoms. The number of hydroxylamine groups is 4. The molecule has 0 heterocycles. The molecule has 0 atom stereocenters. The van der Waals surface area contributed by atoms with Gasteiger partial charge in [0.25, 0.3) is 0 Å². The normalized spacial score (nSPS) is 11.4. The Labute approximate surface area is 59.0 Å². The van der Waals surface area contributed by atoms with Crippen molar-refractivity contribution >= 4 is 0 Å². The summed E-state index contributed by atoms with van der Waals surface area (Å²) >= 11 is 0. The summed E-state index contributed by atoms with van der Waals surface area (Å²) in [4.78, 5) is 8.76. The van der Waals surface area contributed by atoms with Gasteiger partial charge in [-0.05, 0) is 14.1 Å². The van der Waals surface area contributed by atoms with Gasteiger partial charge >= 0.3 is 0 Å². The lowest BCUT2D eigenvalue weighted by Gasteiger charge is -2.24. The summed E-state index contributed by atoms with van der Waals surface area (Å²) in [7, 11) is 2.42. The highest BCUT2D eigenvalue weighted by molar-refractivity contribution is 4.30. The zero-order chi connectivity index (χ0) is 7.98. The molecule has 0 aliphatic rings. The summed E-state index contributed by atoms with van der Waals surface area (Å²) < 4.78 is 0. The van der Waals surface area contributed by atoms with E-state index in [0.29, 0.717) is 10.5 Å². The molecule has 0 unspecified atom stereocenters. The van der Waals surface area contributed by atoms with Crippen LogP contribution < -0.4 is 0 Å². The van der Waals surface area contributed by atoms with Gasteiger partial charge < -0.3 is 20.1 Å². The lowest BCUT2D eigenvalue weighted by molar-refractivity contribution is -0.163. The second kappa shape index (κ2) is 5.54. The maximum Gasteiger partial charge on any atom is 0.0926 e. The van der Waals surface area contributed by atoms with Gasteiger partial charge in [-0.25, -0.2) is 0 Å². The van der Waals surface area contributed by atoms with Gasteiger partial charge in [-0.1, -0.05) is 0 Å². The summed E-state index contributed by atoms with van der Waals surface area (Å²) in [5.74, 6) is 0. The molecule has 10 heavy (non-hydrogen) atoms. The second-order valence-corrected chi connectivity index (χ2v) is 1.55. The third-order valence-corrected chi connectivity index (χ3v) is 0.630. The van der Waals surface area contributed by atoms with E-state index in [-0.39, 0.29) is 13.2 Å². The predicted molar refractivity (Wildman–Crippen MR) is 34.2 cm³/mol. The third-order valence-electron chi connectivity index (χ3n) is 0.630. The Bertz CT molecular complexity index is 67.7. The molecular formula is C4H10N2O4-2. The molecule has 0 aromatic rings. The Kier molecular flexibility index (Phi) is 5.40. The maximum atomic E-state index is 10.0. The van der Waals surface area contributed by atoms with Gasteiger partial charge in [-0.3, -0.25) is 10.5 Å². The van der Waals surface area contributed by atoms with Gasteiger partial charge in [-0.2, -0.15) is 0 Å². The van der Waals surface area contributed by atoms with E-state index < -0.39 is 0 Å². The van der Waals surface area contributed by atoms with Gasteiger partial charge in [0, 0.05) is 0 Å². The fourth-order valence-corrected chi connectivity index (χ4v) is 0.332. The third kappa shape index (κ3) is 7.76. The average molecular weight is 150 g/mol. The van der Waals surface area contributed by atoms with Gasteiger partial charge in [0.05, 0.1) is 13.2 Å². The van der Waals surface area contributed by atoms with E-state index in [4.69, 9.17) is 0 Å². The summed E-state index contributed by atoms with van der Waals surface area (Å²) in [6.45, 7) is 0.152. The molecule has 6 nitrogen and oxygen atoms in total. The van der Waals surface area contributed by atoms with Crippen LogP contribution in [0.15, 0.2) is 0 Å². The van der Waals surface area contributed by atoms with E-state index >= 15 is 0 Å². The minimum absolute atomic E-state index is 0.0760. The number of nitrogens with zero attached hydrogens (tertiary/aromatic N) is 2. The fourth-order valence-electron chi connectivity index (χ4n) is 0.332. The van der Waals surface area contributed by atoms with Gasteiger partial charge in [0.15, 0.2) is 0 Å². The largest absolute Gasteiger partial charge is 0.762 e. The predicted octanol–water partition coefficient (Wildman–Crippen LogP) is -0.291. The molecule has 0 fully saturated rings. The first-order chi connectivity index (χ1) is 4.63. The Morgan fingerprint density at radius 2 is 1.30 bits per heavy atom. The molecule has 6 heteroatoms. The molecule has 0 aromatic heterocycles. The van der Waals surface area contributed by atoms with Crippen LogP contribution in [0.5, 0.6) is 0 Å². The number of hydrogen-bond acceptors (Lipinski definition) is 6. The van der Waals surface area contributed by atoms with Crippen LogP contribution in [0.1, 0.15) is 0 Å². The molecule has 0 aliphatic heterocycles. The Morgan fingerprint density at radius 3 is 1.50 bits per heavy atom. The topological polar surface area (TPSA) is 71.1 Å². The maximum absolute atomic E-state index is 10.0. The SMILES string of the molecule is CN([O-])OCCON(C)[O-]. The van der Waals surface area contributed by atoms with Crippen molar-refractivity contribution in [2.75, 3.05) is 27.3 Å². The van der Waals surface area contributed by atoms with Crippen molar-refractivity contribution < 1.29 is 9.68 Å². The highest BCUT2D eigenvalue weighted by atomic mass is 16.9. The standard InChI is InChI=1S/C4H10N2O4/c1-5(7)9-3-4-10-6(2)8/h3-4H2,1-2H3/q-2. The molecule has 0 N–H and O–H groups in total.